The van der Waals surface area contributed by atoms with Gasteiger partial charge in [0.25, 0.3) is 0 Å². The number of thiocarbonyl (C=S) groups is 1. The topological polar surface area (TPSA) is 49.6 Å². The molecule has 1 saturated heterocycles. The molecule has 19 heavy (non-hydrogen) atoms. The predicted octanol–water partition coefficient (Wildman–Crippen LogP) is 1.63. The Hall–Kier alpha value is -0.680. The first kappa shape index (κ1) is 16.4. The molecule has 0 aliphatic carbocycles. The van der Waals surface area contributed by atoms with Crippen LogP contribution >= 0.6 is 12.2 Å². The molecule has 1 unspecified atom stereocenters. The average Bonchev–Trinajstić information content (AvgIpc) is 2.66. The van der Waals surface area contributed by atoms with Crippen LogP contribution in [0.15, 0.2) is 0 Å². The van der Waals surface area contributed by atoms with Gasteiger partial charge in [0, 0.05) is 25.6 Å². The van der Waals surface area contributed by atoms with Crippen molar-refractivity contribution in [2.45, 2.75) is 39.5 Å². The molecule has 110 valence electrons. The van der Waals surface area contributed by atoms with Crippen LogP contribution in [0.25, 0.3) is 0 Å². The lowest BCUT2D eigenvalue weighted by molar-refractivity contribution is -0.132. The number of likely N-dealkylation sites (N-methyl/N-ethyl adjacent to an activating group) is 1. The van der Waals surface area contributed by atoms with Gasteiger partial charge in [-0.25, -0.2) is 0 Å². The van der Waals surface area contributed by atoms with Crippen LogP contribution in [0, 0.1) is 5.92 Å². The first-order valence-corrected chi connectivity index (χ1v) is 7.74. The van der Waals surface area contributed by atoms with E-state index in [2.05, 4.69) is 11.8 Å². The van der Waals surface area contributed by atoms with Crippen molar-refractivity contribution in [3.05, 3.63) is 0 Å². The Balaban J connectivity index is 2.45. The van der Waals surface area contributed by atoms with Crippen molar-refractivity contribution in [1.29, 1.82) is 0 Å². The van der Waals surface area contributed by atoms with E-state index in [0.717, 1.165) is 39.0 Å². The molecule has 0 bridgehead atoms. The summed E-state index contributed by atoms with van der Waals surface area (Å²) < 4.78 is 0. The molecule has 5 heteroatoms. The molecule has 1 aliphatic rings. The highest BCUT2D eigenvalue weighted by Gasteiger charge is 2.19. The van der Waals surface area contributed by atoms with Gasteiger partial charge in [-0.15, -0.1) is 0 Å². The molecule has 1 aliphatic heterocycles. The molecule has 1 rings (SSSR count). The maximum absolute atomic E-state index is 12.3. The number of likely N-dealkylation sites (tertiary alicyclic amines) is 1. The third kappa shape index (κ3) is 5.87. The molecule has 0 radical (unpaired) electrons. The molecular formula is C14H27N3OS. The molecule has 1 atom stereocenters. The highest BCUT2D eigenvalue weighted by Crippen LogP contribution is 2.10. The summed E-state index contributed by atoms with van der Waals surface area (Å²) in [6.45, 7) is 8.03. The molecule has 0 aromatic heterocycles. The minimum absolute atomic E-state index is 0.159. The first-order valence-electron chi connectivity index (χ1n) is 7.34. The van der Waals surface area contributed by atoms with Crippen LogP contribution in [0.3, 0.4) is 0 Å². The third-order valence-electron chi connectivity index (χ3n) is 3.78. The molecule has 1 fully saturated rings. The number of amides is 1. The Morgan fingerprint density at radius 2 is 1.89 bits per heavy atom. The van der Waals surface area contributed by atoms with E-state index in [-0.39, 0.29) is 11.8 Å². The number of hydrogen-bond donors (Lipinski definition) is 1. The van der Waals surface area contributed by atoms with Gasteiger partial charge in [0.15, 0.2) is 0 Å². The Morgan fingerprint density at radius 3 is 2.37 bits per heavy atom. The minimum Gasteiger partial charge on any atom is -0.393 e. The fourth-order valence-electron chi connectivity index (χ4n) is 2.39. The van der Waals surface area contributed by atoms with Gasteiger partial charge in [-0.2, -0.15) is 0 Å². The fourth-order valence-corrected chi connectivity index (χ4v) is 2.47. The van der Waals surface area contributed by atoms with Crippen molar-refractivity contribution in [1.82, 2.24) is 9.80 Å². The Labute approximate surface area is 122 Å². The quantitative estimate of drug-likeness (QED) is 0.754. The van der Waals surface area contributed by atoms with E-state index >= 15 is 0 Å². The largest absolute Gasteiger partial charge is 0.393 e. The van der Waals surface area contributed by atoms with Crippen molar-refractivity contribution >= 4 is 23.1 Å². The Bertz CT molecular complexity index is 301. The lowest BCUT2D eigenvalue weighted by Crippen LogP contribution is -2.43. The molecule has 2 N–H and O–H groups in total. The van der Waals surface area contributed by atoms with E-state index in [1.807, 2.05) is 11.8 Å². The second-order valence-electron chi connectivity index (χ2n) is 5.43. The van der Waals surface area contributed by atoms with Gasteiger partial charge < -0.3 is 10.6 Å². The standard InChI is InChI=1S/C14H27N3OS/c1-3-16(10-12(2)14(15)19)11-13(18)17-8-6-4-5-7-9-17/h12H,3-11H2,1-2H3,(H2,15,19). The number of carbonyl (C=O) groups is 1. The van der Waals surface area contributed by atoms with Crippen LogP contribution < -0.4 is 5.73 Å². The summed E-state index contributed by atoms with van der Waals surface area (Å²) in [4.78, 5) is 17.0. The summed E-state index contributed by atoms with van der Waals surface area (Å²) in [6, 6.07) is 0. The highest BCUT2D eigenvalue weighted by molar-refractivity contribution is 7.80. The summed E-state index contributed by atoms with van der Waals surface area (Å²) in [6.07, 6.45) is 4.78. The predicted molar refractivity (Wildman–Crippen MR) is 83.1 cm³/mol. The number of nitrogens with zero attached hydrogens (tertiary/aromatic N) is 2. The fraction of sp³-hybridized carbons (Fsp3) is 0.857. The lowest BCUT2D eigenvalue weighted by Gasteiger charge is -2.27. The van der Waals surface area contributed by atoms with Crippen molar-refractivity contribution in [2.75, 3.05) is 32.7 Å². The summed E-state index contributed by atoms with van der Waals surface area (Å²) in [5, 5.41) is 0. The minimum atomic E-state index is 0.159. The average molecular weight is 285 g/mol. The zero-order valence-corrected chi connectivity index (χ0v) is 13.0. The van der Waals surface area contributed by atoms with Gasteiger partial charge in [0.2, 0.25) is 5.91 Å². The maximum Gasteiger partial charge on any atom is 0.236 e. The first-order chi connectivity index (χ1) is 9.04. The third-order valence-corrected chi connectivity index (χ3v) is 4.18. The summed E-state index contributed by atoms with van der Waals surface area (Å²) in [7, 11) is 0. The van der Waals surface area contributed by atoms with Crippen LogP contribution in [-0.2, 0) is 4.79 Å². The van der Waals surface area contributed by atoms with Crippen molar-refractivity contribution in [3.8, 4) is 0 Å². The number of carbonyl (C=O) groups excluding carboxylic acids is 1. The normalized spacial score (nSPS) is 18.2. The van der Waals surface area contributed by atoms with E-state index in [1.54, 1.807) is 0 Å². The SMILES string of the molecule is CCN(CC(=O)N1CCCCCC1)CC(C)C(N)=S. The summed E-state index contributed by atoms with van der Waals surface area (Å²) >= 11 is 5.00. The summed E-state index contributed by atoms with van der Waals surface area (Å²) in [5.74, 6) is 0.408. The van der Waals surface area contributed by atoms with Crippen LogP contribution in [0.1, 0.15) is 39.5 Å². The molecule has 1 amide bonds. The summed E-state index contributed by atoms with van der Waals surface area (Å²) in [5.41, 5.74) is 5.64. The Kier molecular flexibility index (Phi) is 7.31. The van der Waals surface area contributed by atoms with Crippen molar-refractivity contribution in [2.24, 2.45) is 11.7 Å². The smallest absolute Gasteiger partial charge is 0.236 e. The second kappa shape index (κ2) is 8.48. The molecular weight excluding hydrogens is 258 g/mol. The van der Waals surface area contributed by atoms with E-state index < -0.39 is 0 Å². The van der Waals surface area contributed by atoms with Gasteiger partial charge in [-0.3, -0.25) is 9.69 Å². The lowest BCUT2D eigenvalue weighted by atomic mass is 10.1. The van der Waals surface area contributed by atoms with Crippen molar-refractivity contribution in [3.63, 3.8) is 0 Å². The zero-order valence-electron chi connectivity index (χ0n) is 12.2. The second-order valence-corrected chi connectivity index (χ2v) is 5.90. The number of hydrogen-bond acceptors (Lipinski definition) is 3. The number of rotatable bonds is 6. The van der Waals surface area contributed by atoms with Gasteiger partial charge in [0.1, 0.15) is 0 Å². The van der Waals surface area contributed by atoms with Gasteiger partial charge in [-0.05, 0) is 19.4 Å². The van der Waals surface area contributed by atoms with Gasteiger partial charge in [-0.1, -0.05) is 38.9 Å². The molecule has 0 saturated carbocycles. The van der Waals surface area contributed by atoms with E-state index in [1.165, 1.54) is 12.8 Å². The van der Waals surface area contributed by atoms with E-state index in [9.17, 15) is 4.79 Å². The molecule has 1 heterocycles. The monoisotopic (exact) mass is 285 g/mol. The van der Waals surface area contributed by atoms with Crippen LogP contribution in [-0.4, -0.2) is 53.4 Å². The molecule has 0 spiro atoms. The maximum atomic E-state index is 12.3. The van der Waals surface area contributed by atoms with E-state index in [4.69, 9.17) is 18.0 Å². The van der Waals surface area contributed by atoms with Gasteiger partial charge >= 0.3 is 0 Å². The molecule has 0 aromatic carbocycles. The van der Waals surface area contributed by atoms with Crippen LogP contribution in [0.2, 0.25) is 0 Å². The number of nitrogens with two attached hydrogens (primary N) is 1. The van der Waals surface area contributed by atoms with Crippen LogP contribution in [0.5, 0.6) is 0 Å². The van der Waals surface area contributed by atoms with E-state index in [0.29, 0.717) is 11.5 Å². The Morgan fingerprint density at radius 1 is 1.32 bits per heavy atom. The highest BCUT2D eigenvalue weighted by atomic mass is 32.1. The molecule has 0 aromatic rings. The zero-order chi connectivity index (χ0) is 14.3. The van der Waals surface area contributed by atoms with Gasteiger partial charge in [0.05, 0.1) is 11.5 Å². The van der Waals surface area contributed by atoms with Crippen LogP contribution in [0.4, 0.5) is 0 Å². The molecule has 4 nitrogen and oxygen atoms in total. The van der Waals surface area contributed by atoms with Crippen molar-refractivity contribution < 1.29 is 4.79 Å².